The third-order valence-corrected chi connectivity index (χ3v) is 3.21. The van der Waals surface area contributed by atoms with Gasteiger partial charge in [0.1, 0.15) is 0 Å². The zero-order valence-corrected chi connectivity index (χ0v) is 10.9. The van der Waals surface area contributed by atoms with E-state index in [1.165, 1.54) is 0 Å². The van der Waals surface area contributed by atoms with Gasteiger partial charge in [-0.1, -0.05) is 6.92 Å². The van der Waals surface area contributed by atoms with E-state index in [1.807, 2.05) is 12.1 Å². The Bertz CT molecular complexity index is 499. The number of hydrogen-bond acceptors (Lipinski definition) is 3. The van der Waals surface area contributed by atoms with Crippen LogP contribution >= 0.6 is 0 Å². The molecule has 102 valence electrons. The minimum atomic E-state index is -0.842. The van der Waals surface area contributed by atoms with Gasteiger partial charge in [-0.2, -0.15) is 0 Å². The molecule has 5 heteroatoms. The Morgan fingerprint density at radius 2 is 2.26 bits per heavy atom. The predicted molar refractivity (Wildman–Crippen MR) is 72.4 cm³/mol. The normalized spacial score (nSPS) is 14.4. The summed E-state index contributed by atoms with van der Waals surface area (Å²) in [6.07, 6.45) is 1.00. The fourth-order valence-corrected chi connectivity index (χ4v) is 2.19. The van der Waals surface area contributed by atoms with Crippen molar-refractivity contribution in [1.29, 1.82) is 0 Å². The molecule has 19 heavy (non-hydrogen) atoms. The number of anilines is 1. The van der Waals surface area contributed by atoms with Crippen LogP contribution in [-0.2, 0) is 11.2 Å². The van der Waals surface area contributed by atoms with Gasteiger partial charge in [0.2, 0.25) is 0 Å². The average molecular weight is 262 g/mol. The van der Waals surface area contributed by atoms with Crippen molar-refractivity contribution in [1.82, 2.24) is 5.32 Å². The number of rotatable bonds is 5. The number of carboxylic acid groups (broad SMARTS) is 1. The van der Waals surface area contributed by atoms with Crippen LogP contribution in [0.4, 0.5) is 5.69 Å². The van der Waals surface area contributed by atoms with Crippen molar-refractivity contribution in [3.05, 3.63) is 29.3 Å². The second-order valence-electron chi connectivity index (χ2n) is 4.96. The van der Waals surface area contributed by atoms with E-state index in [2.05, 4.69) is 10.6 Å². The molecule has 1 heterocycles. The highest BCUT2D eigenvalue weighted by Crippen LogP contribution is 2.22. The van der Waals surface area contributed by atoms with Gasteiger partial charge < -0.3 is 15.7 Å². The Hall–Kier alpha value is -2.04. The zero-order valence-electron chi connectivity index (χ0n) is 10.9. The minimum Gasteiger partial charge on any atom is -0.481 e. The van der Waals surface area contributed by atoms with E-state index in [0.717, 1.165) is 24.2 Å². The first-order valence-corrected chi connectivity index (χ1v) is 6.43. The molecule has 1 aromatic carbocycles. The fourth-order valence-electron chi connectivity index (χ4n) is 2.19. The van der Waals surface area contributed by atoms with Gasteiger partial charge in [-0.25, -0.2) is 0 Å². The SMILES string of the molecule is CC(CNC(=O)c1ccc2c(c1)CCN2)CC(=O)O. The Morgan fingerprint density at radius 3 is 3.00 bits per heavy atom. The average Bonchev–Trinajstić information content (AvgIpc) is 2.82. The van der Waals surface area contributed by atoms with Crippen LogP contribution in [0.3, 0.4) is 0 Å². The molecule has 0 radical (unpaired) electrons. The summed E-state index contributed by atoms with van der Waals surface area (Å²) in [6.45, 7) is 3.09. The van der Waals surface area contributed by atoms with E-state index >= 15 is 0 Å². The second-order valence-corrected chi connectivity index (χ2v) is 4.96. The highest BCUT2D eigenvalue weighted by atomic mass is 16.4. The first-order valence-electron chi connectivity index (χ1n) is 6.43. The Morgan fingerprint density at radius 1 is 1.47 bits per heavy atom. The van der Waals surface area contributed by atoms with Crippen molar-refractivity contribution in [2.75, 3.05) is 18.4 Å². The molecule has 0 spiro atoms. The van der Waals surface area contributed by atoms with Crippen molar-refractivity contribution in [2.24, 2.45) is 5.92 Å². The van der Waals surface area contributed by atoms with Crippen LogP contribution in [0, 0.1) is 5.92 Å². The minimum absolute atomic E-state index is 0.0639. The smallest absolute Gasteiger partial charge is 0.303 e. The Kier molecular flexibility index (Phi) is 4.04. The number of carbonyl (C=O) groups excluding carboxylic acids is 1. The number of carbonyl (C=O) groups is 2. The number of amides is 1. The monoisotopic (exact) mass is 262 g/mol. The van der Waals surface area contributed by atoms with Crippen molar-refractivity contribution in [3.63, 3.8) is 0 Å². The molecule has 1 atom stereocenters. The van der Waals surface area contributed by atoms with E-state index in [0.29, 0.717) is 12.1 Å². The van der Waals surface area contributed by atoms with Crippen LogP contribution in [0.5, 0.6) is 0 Å². The standard InChI is InChI=1S/C14H18N2O3/c1-9(6-13(17)18)8-16-14(19)11-2-3-12-10(7-11)4-5-15-12/h2-3,7,9,15H,4-6,8H2,1H3,(H,16,19)(H,17,18). The van der Waals surface area contributed by atoms with Crippen LogP contribution in [-0.4, -0.2) is 30.1 Å². The lowest BCUT2D eigenvalue weighted by atomic mass is 10.1. The summed E-state index contributed by atoms with van der Waals surface area (Å²) >= 11 is 0. The van der Waals surface area contributed by atoms with E-state index in [4.69, 9.17) is 5.11 Å². The number of benzene rings is 1. The number of nitrogens with one attached hydrogen (secondary N) is 2. The maximum Gasteiger partial charge on any atom is 0.303 e. The number of carboxylic acids is 1. The molecule has 1 aliphatic heterocycles. The number of aliphatic carboxylic acids is 1. The molecule has 0 aliphatic carbocycles. The molecule has 0 saturated carbocycles. The van der Waals surface area contributed by atoms with E-state index in [9.17, 15) is 9.59 Å². The van der Waals surface area contributed by atoms with E-state index < -0.39 is 5.97 Å². The van der Waals surface area contributed by atoms with Gasteiger partial charge in [0, 0.05) is 30.8 Å². The summed E-state index contributed by atoms with van der Waals surface area (Å²) in [7, 11) is 0. The summed E-state index contributed by atoms with van der Waals surface area (Å²) in [6, 6.07) is 5.60. The molecule has 1 unspecified atom stereocenters. The van der Waals surface area contributed by atoms with E-state index in [1.54, 1.807) is 13.0 Å². The number of fused-ring (bicyclic) bond motifs is 1. The van der Waals surface area contributed by atoms with Crippen LogP contribution in [0.2, 0.25) is 0 Å². The molecule has 1 aliphatic rings. The molecule has 5 nitrogen and oxygen atoms in total. The highest BCUT2D eigenvalue weighted by molar-refractivity contribution is 5.95. The van der Waals surface area contributed by atoms with Gasteiger partial charge in [-0.05, 0) is 36.1 Å². The molecule has 3 N–H and O–H groups in total. The largest absolute Gasteiger partial charge is 0.481 e. The van der Waals surface area contributed by atoms with Gasteiger partial charge in [-0.3, -0.25) is 9.59 Å². The summed E-state index contributed by atoms with van der Waals surface area (Å²) in [5.74, 6) is -1.06. The van der Waals surface area contributed by atoms with Gasteiger partial charge in [0.15, 0.2) is 0 Å². The lowest BCUT2D eigenvalue weighted by Crippen LogP contribution is -2.29. The summed E-state index contributed by atoms with van der Waals surface area (Å²) in [4.78, 5) is 22.5. The third kappa shape index (κ3) is 3.47. The first-order chi connectivity index (χ1) is 9.06. The van der Waals surface area contributed by atoms with Crippen LogP contribution in [0.15, 0.2) is 18.2 Å². The summed E-state index contributed by atoms with van der Waals surface area (Å²) in [5.41, 5.74) is 2.88. The maximum absolute atomic E-state index is 12.0. The summed E-state index contributed by atoms with van der Waals surface area (Å²) < 4.78 is 0. The van der Waals surface area contributed by atoms with E-state index in [-0.39, 0.29) is 18.2 Å². The van der Waals surface area contributed by atoms with Crippen LogP contribution in [0.25, 0.3) is 0 Å². The predicted octanol–water partition coefficient (Wildman–Crippen LogP) is 1.50. The molecule has 0 fully saturated rings. The van der Waals surface area contributed by atoms with Crippen molar-refractivity contribution in [3.8, 4) is 0 Å². The molecule has 0 bridgehead atoms. The fraction of sp³-hybridized carbons (Fsp3) is 0.429. The Balaban J connectivity index is 1.91. The first kappa shape index (κ1) is 13.4. The third-order valence-electron chi connectivity index (χ3n) is 3.21. The zero-order chi connectivity index (χ0) is 13.8. The second kappa shape index (κ2) is 5.73. The van der Waals surface area contributed by atoms with Crippen LogP contribution in [0.1, 0.15) is 29.3 Å². The summed E-state index contributed by atoms with van der Waals surface area (Å²) in [5, 5.41) is 14.7. The molecule has 1 amide bonds. The van der Waals surface area contributed by atoms with Crippen molar-refractivity contribution in [2.45, 2.75) is 19.8 Å². The van der Waals surface area contributed by atoms with Gasteiger partial charge in [-0.15, -0.1) is 0 Å². The molecule has 0 saturated heterocycles. The van der Waals surface area contributed by atoms with Crippen molar-refractivity contribution >= 4 is 17.6 Å². The lowest BCUT2D eigenvalue weighted by molar-refractivity contribution is -0.137. The lowest BCUT2D eigenvalue weighted by Gasteiger charge is -2.11. The Labute approximate surface area is 112 Å². The van der Waals surface area contributed by atoms with Crippen molar-refractivity contribution < 1.29 is 14.7 Å². The molecule has 0 aromatic heterocycles. The molecular formula is C14H18N2O3. The molecular weight excluding hydrogens is 244 g/mol. The number of hydrogen-bond donors (Lipinski definition) is 3. The van der Waals surface area contributed by atoms with Gasteiger partial charge >= 0.3 is 5.97 Å². The molecule has 2 rings (SSSR count). The maximum atomic E-state index is 12.0. The topological polar surface area (TPSA) is 78.4 Å². The van der Waals surface area contributed by atoms with Gasteiger partial charge in [0.05, 0.1) is 0 Å². The van der Waals surface area contributed by atoms with Gasteiger partial charge in [0.25, 0.3) is 5.91 Å². The quantitative estimate of drug-likeness (QED) is 0.751. The molecule has 1 aromatic rings. The van der Waals surface area contributed by atoms with Crippen LogP contribution < -0.4 is 10.6 Å². The highest BCUT2D eigenvalue weighted by Gasteiger charge is 2.14.